The minimum atomic E-state index is -0.221. The molecule has 0 spiro atoms. The lowest BCUT2D eigenvalue weighted by atomic mass is 10.1. The maximum atomic E-state index is 11.7. The van der Waals surface area contributed by atoms with Crippen LogP contribution < -0.4 is 5.32 Å². The van der Waals surface area contributed by atoms with Crippen LogP contribution in [-0.2, 0) is 0 Å². The van der Waals surface area contributed by atoms with E-state index in [2.05, 4.69) is 5.32 Å². The average Bonchev–Trinajstić information content (AvgIpc) is 2.51. The number of carbonyl (C=O) groups excluding carboxylic acids is 1. The van der Waals surface area contributed by atoms with Gasteiger partial charge in [0, 0.05) is 5.54 Å². The summed E-state index contributed by atoms with van der Waals surface area (Å²) in [6.45, 7) is 7.92. The van der Waals surface area contributed by atoms with Gasteiger partial charge < -0.3 is 9.73 Å². The normalized spacial score (nSPS) is 14.0. The molecule has 0 aliphatic heterocycles. The molecule has 14 heavy (non-hydrogen) atoms. The van der Waals surface area contributed by atoms with Gasteiger partial charge in [0.2, 0.25) is 5.78 Å². The quantitative estimate of drug-likeness (QED) is 0.752. The molecule has 3 nitrogen and oxygen atoms in total. The first-order valence-corrected chi connectivity index (χ1v) is 4.75. The lowest BCUT2D eigenvalue weighted by molar-refractivity contribution is 0.0908. The molecule has 0 saturated carbocycles. The van der Waals surface area contributed by atoms with Gasteiger partial charge in [-0.3, -0.25) is 4.79 Å². The predicted octanol–water partition coefficient (Wildman–Crippen LogP) is 2.24. The SMILES string of the molecule is CC(NC(C)(C)C)C(=O)c1ccco1. The fourth-order valence-corrected chi connectivity index (χ4v) is 1.35. The Morgan fingerprint density at radius 1 is 1.50 bits per heavy atom. The molecule has 1 aromatic heterocycles. The second-order valence-corrected chi connectivity index (χ2v) is 4.46. The van der Waals surface area contributed by atoms with Crippen LogP contribution in [0.4, 0.5) is 0 Å². The van der Waals surface area contributed by atoms with Gasteiger partial charge in [-0.15, -0.1) is 0 Å². The Kier molecular flexibility index (Phi) is 3.11. The van der Waals surface area contributed by atoms with Crippen LogP contribution >= 0.6 is 0 Å². The third kappa shape index (κ3) is 3.00. The minimum absolute atomic E-state index is 0.00933. The molecule has 0 fully saturated rings. The smallest absolute Gasteiger partial charge is 0.214 e. The first-order valence-electron chi connectivity index (χ1n) is 4.75. The molecule has 3 heteroatoms. The molecule has 1 atom stereocenters. The van der Waals surface area contributed by atoms with E-state index in [4.69, 9.17) is 4.42 Å². The molecule has 0 aromatic carbocycles. The van der Waals surface area contributed by atoms with Crippen molar-refractivity contribution in [3.63, 3.8) is 0 Å². The summed E-state index contributed by atoms with van der Waals surface area (Å²) < 4.78 is 5.04. The molecule has 1 unspecified atom stereocenters. The Labute approximate surface area is 84.5 Å². The lowest BCUT2D eigenvalue weighted by Crippen LogP contribution is -2.45. The van der Waals surface area contributed by atoms with Crippen molar-refractivity contribution in [1.29, 1.82) is 0 Å². The lowest BCUT2D eigenvalue weighted by Gasteiger charge is -2.24. The predicted molar refractivity (Wildman–Crippen MR) is 55.4 cm³/mol. The van der Waals surface area contributed by atoms with Crippen molar-refractivity contribution >= 4 is 5.78 Å². The van der Waals surface area contributed by atoms with E-state index in [9.17, 15) is 4.79 Å². The maximum Gasteiger partial charge on any atom is 0.214 e. The summed E-state index contributed by atoms with van der Waals surface area (Å²) in [6.07, 6.45) is 1.51. The number of ketones is 1. The van der Waals surface area contributed by atoms with Crippen molar-refractivity contribution in [2.45, 2.75) is 39.3 Å². The summed E-state index contributed by atoms with van der Waals surface area (Å²) in [7, 11) is 0. The highest BCUT2D eigenvalue weighted by molar-refractivity contribution is 5.97. The molecule has 0 aliphatic carbocycles. The summed E-state index contributed by atoms with van der Waals surface area (Å²) in [5.74, 6) is 0.402. The van der Waals surface area contributed by atoms with E-state index >= 15 is 0 Å². The van der Waals surface area contributed by atoms with Gasteiger partial charge in [-0.25, -0.2) is 0 Å². The number of hydrogen-bond acceptors (Lipinski definition) is 3. The zero-order chi connectivity index (χ0) is 10.8. The van der Waals surface area contributed by atoms with Crippen LogP contribution in [0.25, 0.3) is 0 Å². The van der Waals surface area contributed by atoms with E-state index in [1.165, 1.54) is 6.26 Å². The molecule has 0 aliphatic rings. The minimum Gasteiger partial charge on any atom is -0.461 e. The van der Waals surface area contributed by atoms with Crippen molar-refractivity contribution in [2.24, 2.45) is 0 Å². The van der Waals surface area contributed by atoms with Gasteiger partial charge in [0.1, 0.15) is 0 Å². The Balaban J connectivity index is 2.63. The van der Waals surface area contributed by atoms with Crippen LogP contribution in [0, 0.1) is 0 Å². The molecule has 0 saturated heterocycles. The van der Waals surface area contributed by atoms with E-state index in [-0.39, 0.29) is 17.4 Å². The first-order chi connectivity index (χ1) is 6.40. The van der Waals surface area contributed by atoms with Crippen LogP contribution in [0.2, 0.25) is 0 Å². The van der Waals surface area contributed by atoms with E-state index in [0.717, 1.165) is 0 Å². The van der Waals surface area contributed by atoms with Gasteiger partial charge in [0.15, 0.2) is 5.76 Å². The molecular weight excluding hydrogens is 178 g/mol. The van der Waals surface area contributed by atoms with Crippen LogP contribution in [-0.4, -0.2) is 17.4 Å². The van der Waals surface area contributed by atoms with E-state index in [1.807, 2.05) is 27.7 Å². The van der Waals surface area contributed by atoms with Gasteiger partial charge in [-0.05, 0) is 39.8 Å². The molecule has 1 aromatic rings. The van der Waals surface area contributed by atoms with Crippen molar-refractivity contribution in [1.82, 2.24) is 5.32 Å². The number of rotatable bonds is 3. The maximum absolute atomic E-state index is 11.7. The number of carbonyl (C=O) groups is 1. The van der Waals surface area contributed by atoms with Gasteiger partial charge in [0.05, 0.1) is 12.3 Å². The Bertz CT molecular complexity index is 296. The van der Waals surface area contributed by atoms with Gasteiger partial charge in [-0.1, -0.05) is 0 Å². The number of hydrogen-bond donors (Lipinski definition) is 1. The molecule has 0 radical (unpaired) electrons. The fourth-order valence-electron chi connectivity index (χ4n) is 1.35. The van der Waals surface area contributed by atoms with E-state index in [1.54, 1.807) is 12.1 Å². The molecule has 0 amide bonds. The summed E-state index contributed by atoms with van der Waals surface area (Å²) in [5, 5.41) is 3.20. The average molecular weight is 195 g/mol. The topological polar surface area (TPSA) is 42.2 Å². The van der Waals surface area contributed by atoms with E-state index < -0.39 is 0 Å². The number of Topliss-reactive ketones (excluding diaryl/α,β-unsaturated/α-hetero) is 1. The standard InChI is InChI=1S/C11H17NO2/c1-8(12-11(2,3)4)10(13)9-6-5-7-14-9/h5-8,12H,1-4H3. The molecule has 1 heterocycles. The Morgan fingerprint density at radius 2 is 2.14 bits per heavy atom. The first kappa shape index (κ1) is 11.0. The zero-order valence-corrected chi connectivity index (χ0v) is 9.13. The fraction of sp³-hybridized carbons (Fsp3) is 0.545. The second kappa shape index (κ2) is 3.96. The highest BCUT2D eigenvalue weighted by atomic mass is 16.3. The summed E-state index contributed by atoms with van der Waals surface area (Å²) in [6, 6.07) is 3.18. The van der Waals surface area contributed by atoms with Crippen LogP contribution in [0.15, 0.2) is 22.8 Å². The summed E-state index contributed by atoms with van der Waals surface area (Å²) in [4.78, 5) is 11.7. The second-order valence-electron chi connectivity index (χ2n) is 4.46. The third-order valence-electron chi connectivity index (χ3n) is 1.81. The largest absolute Gasteiger partial charge is 0.461 e. The highest BCUT2D eigenvalue weighted by Crippen LogP contribution is 2.08. The van der Waals surface area contributed by atoms with Crippen molar-refractivity contribution in [3.05, 3.63) is 24.2 Å². The Morgan fingerprint density at radius 3 is 2.57 bits per heavy atom. The van der Waals surface area contributed by atoms with Gasteiger partial charge in [0.25, 0.3) is 0 Å². The Hall–Kier alpha value is -1.09. The number of furan rings is 1. The van der Waals surface area contributed by atoms with Crippen LogP contribution in [0.3, 0.4) is 0 Å². The summed E-state index contributed by atoms with van der Waals surface area (Å²) >= 11 is 0. The van der Waals surface area contributed by atoms with Crippen LogP contribution in [0.5, 0.6) is 0 Å². The molecular formula is C11H17NO2. The number of nitrogens with one attached hydrogen (secondary N) is 1. The third-order valence-corrected chi connectivity index (χ3v) is 1.81. The molecule has 1 rings (SSSR count). The van der Waals surface area contributed by atoms with Gasteiger partial charge in [-0.2, -0.15) is 0 Å². The van der Waals surface area contributed by atoms with Crippen molar-refractivity contribution < 1.29 is 9.21 Å². The molecule has 0 bridgehead atoms. The monoisotopic (exact) mass is 195 g/mol. The van der Waals surface area contributed by atoms with Crippen LogP contribution in [0.1, 0.15) is 38.2 Å². The highest BCUT2D eigenvalue weighted by Gasteiger charge is 2.21. The molecule has 1 N–H and O–H groups in total. The van der Waals surface area contributed by atoms with Gasteiger partial charge >= 0.3 is 0 Å². The summed E-state index contributed by atoms with van der Waals surface area (Å²) in [5.41, 5.74) is -0.0678. The van der Waals surface area contributed by atoms with Crippen molar-refractivity contribution in [3.8, 4) is 0 Å². The zero-order valence-electron chi connectivity index (χ0n) is 9.13. The molecule has 78 valence electrons. The van der Waals surface area contributed by atoms with E-state index in [0.29, 0.717) is 5.76 Å². The van der Waals surface area contributed by atoms with Crippen molar-refractivity contribution in [2.75, 3.05) is 0 Å².